The zero-order chi connectivity index (χ0) is 26.8. The number of ether oxygens (including phenoxy) is 1. The molecule has 202 valence electrons. The fourth-order valence-electron chi connectivity index (χ4n) is 4.63. The molecule has 1 aliphatic rings. The van der Waals surface area contributed by atoms with E-state index in [4.69, 9.17) is 4.74 Å². The van der Waals surface area contributed by atoms with Gasteiger partial charge in [-0.2, -0.15) is 0 Å². The van der Waals surface area contributed by atoms with Crippen molar-refractivity contribution in [3.63, 3.8) is 0 Å². The Hall–Kier alpha value is -3.07. The summed E-state index contributed by atoms with van der Waals surface area (Å²) in [4.78, 5) is 28.3. The molecular formula is C28H39N3O5S. The lowest BCUT2D eigenvalue weighted by Crippen LogP contribution is -2.53. The summed E-state index contributed by atoms with van der Waals surface area (Å²) in [5.41, 5.74) is 1.40. The summed E-state index contributed by atoms with van der Waals surface area (Å²) in [6.45, 7) is 3.96. The Morgan fingerprint density at radius 3 is 2.27 bits per heavy atom. The molecule has 0 heterocycles. The molecule has 2 aromatic rings. The smallest absolute Gasteiger partial charge is 0.244 e. The Balaban J connectivity index is 1.80. The van der Waals surface area contributed by atoms with Gasteiger partial charge in [0.1, 0.15) is 18.3 Å². The molecule has 3 rings (SSSR count). The fourth-order valence-corrected chi connectivity index (χ4v) is 5.48. The molecule has 9 heteroatoms. The number of hydrogen-bond donors (Lipinski definition) is 1. The van der Waals surface area contributed by atoms with Crippen LogP contribution in [0.5, 0.6) is 5.75 Å². The summed E-state index contributed by atoms with van der Waals surface area (Å²) in [7, 11) is -3.76. The summed E-state index contributed by atoms with van der Waals surface area (Å²) in [6.07, 6.45) is 6.85. The lowest BCUT2D eigenvalue weighted by atomic mass is 9.95. The van der Waals surface area contributed by atoms with Gasteiger partial charge in [0, 0.05) is 12.6 Å². The molecule has 1 fully saturated rings. The lowest BCUT2D eigenvalue weighted by Gasteiger charge is -2.33. The van der Waals surface area contributed by atoms with Crippen LogP contribution in [0.4, 0.5) is 5.69 Å². The standard InChI is InChI=1S/C28H39N3O5S/c1-4-36-26-17-15-25(16-18-26)31(37(3,34)35)21-27(32)30(20-19-23-11-7-5-8-12-23)22(2)28(33)29-24-13-9-6-10-14-24/h5,7-8,11-12,15-18,22,24H,4,6,9-10,13-14,19-21H2,1-3H3,(H,29,33)/t22-/m0/s1. The summed E-state index contributed by atoms with van der Waals surface area (Å²) >= 11 is 0. The van der Waals surface area contributed by atoms with Gasteiger partial charge in [-0.3, -0.25) is 13.9 Å². The van der Waals surface area contributed by atoms with Gasteiger partial charge in [-0.25, -0.2) is 8.42 Å². The van der Waals surface area contributed by atoms with Crippen molar-refractivity contribution >= 4 is 27.5 Å². The first-order chi connectivity index (χ1) is 17.7. The van der Waals surface area contributed by atoms with Gasteiger partial charge in [-0.05, 0) is 62.9 Å². The van der Waals surface area contributed by atoms with E-state index in [-0.39, 0.29) is 11.9 Å². The molecule has 0 radical (unpaired) electrons. The maximum absolute atomic E-state index is 13.6. The first kappa shape index (κ1) is 28.5. The van der Waals surface area contributed by atoms with Gasteiger partial charge in [0.05, 0.1) is 18.6 Å². The van der Waals surface area contributed by atoms with Gasteiger partial charge >= 0.3 is 0 Å². The summed E-state index contributed by atoms with van der Waals surface area (Å²) in [5, 5.41) is 3.11. The van der Waals surface area contributed by atoms with Crippen LogP contribution >= 0.6 is 0 Å². The van der Waals surface area contributed by atoms with Crippen molar-refractivity contribution in [3.8, 4) is 5.75 Å². The largest absolute Gasteiger partial charge is 0.494 e. The second-order valence-corrected chi connectivity index (χ2v) is 11.4. The van der Waals surface area contributed by atoms with Crippen LogP contribution in [0.2, 0.25) is 0 Å². The van der Waals surface area contributed by atoms with E-state index in [9.17, 15) is 18.0 Å². The fraction of sp³-hybridized carbons (Fsp3) is 0.500. The average molecular weight is 530 g/mol. The van der Waals surface area contributed by atoms with Crippen LogP contribution in [-0.2, 0) is 26.0 Å². The van der Waals surface area contributed by atoms with Gasteiger partial charge in [0.2, 0.25) is 21.8 Å². The van der Waals surface area contributed by atoms with E-state index >= 15 is 0 Å². The maximum Gasteiger partial charge on any atom is 0.244 e. The van der Waals surface area contributed by atoms with E-state index in [0.717, 1.165) is 41.8 Å². The zero-order valence-corrected chi connectivity index (χ0v) is 22.9. The lowest BCUT2D eigenvalue weighted by molar-refractivity contribution is -0.139. The third kappa shape index (κ3) is 8.49. The Labute approximate surface area is 221 Å². The van der Waals surface area contributed by atoms with Gasteiger partial charge in [-0.1, -0.05) is 49.6 Å². The van der Waals surface area contributed by atoms with Crippen molar-refractivity contribution in [1.82, 2.24) is 10.2 Å². The Morgan fingerprint density at radius 1 is 1.03 bits per heavy atom. The minimum Gasteiger partial charge on any atom is -0.494 e. The minimum atomic E-state index is -3.76. The molecule has 0 spiro atoms. The summed E-state index contributed by atoms with van der Waals surface area (Å²) < 4.78 is 31.9. The third-order valence-electron chi connectivity index (χ3n) is 6.72. The average Bonchev–Trinajstić information content (AvgIpc) is 2.88. The van der Waals surface area contributed by atoms with Crippen LogP contribution in [0.15, 0.2) is 54.6 Å². The van der Waals surface area contributed by atoms with Crippen LogP contribution in [0.25, 0.3) is 0 Å². The highest BCUT2D eigenvalue weighted by Crippen LogP contribution is 2.23. The number of hydrogen-bond acceptors (Lipinski definition) is 5. The summed E-state index contributed by atoms with van der Waals surface area (Å²) in [5.74, 6) is -0.0228. The third-order valence-corrected chi connectivity index (χ3v) is 7.86. The van der Waals surface area contributed by atoms with Crippen molar-refractivity contribution in [2.75, 3.05) is 30.3 Å². The second kappa shape index (κ2) is 13.5. The molecule has 2 aromatic carbocycles. The topological polar surface area (TPSA) is 96.0 Å². The van der Waals surface area contributed by atoms with E-state index in [1.807, 2.05) is 37.3 Å². The predicted octanol–water partition coefficient (Wildman–Crippen LogP) is 3.76. The predicted molar refractivity (Wildman–Crippen MR) is 146 cm³/mol. The molecule has 0 unspecified atom stereocenters. The molecule has 1 atom stereocenters. The molecule has 0 bridgehead atoms. The van der Waals surface area contributed by atoms with Gasteiger partial charge in [-0.15, -0.1) is 0 Å². The molecule has 0 aliphatic heterocycles. The molecule has 0 saturated heterocycles. The van der Waals surface area contributed by atoms with Gasteiger partial charge < -0.3 is 15.0 Å². The van der Waals surface area contributed by atoms with Crippen LogP contribution < -0.4 is 14.4 Å². The highest BCUT2D eigenvalue weighted by molar-refractivity contribution is 7.92. The number of anilines is 1. The quantitative estimate of drug-likeness (QED) is 0.452. The highest BCUT2D eigenvalue weighted by atomic mass is 32.2. The van der Waals surface area contributed by atoms with Gasteiger partial charge in [0.15, 0.2) is 0 Å². The van der Waals surface area contributed by atoms with Crippen molar-refractivity contribution in [2.45, 2.75) is 64.5 Å². The molecule has 1 saturated carbocycles. The van der Waals surface area contributed by atoms with E-state index in [1.54, 1.807) is 31.2 Å². The molecular weight excluding hydrogens is 490 g/mol. The van der Waals surface area contributed by atoms with Crippen molar-refractivity contribution in [3.05, 3.63) is 60.2 Å². The van der Waals surface area contributed by atoms with E-state index < -0.39 is 28.5 Å². The molecule has 2 amide bonds. The molecule has 1 aliphatic carbocycles. The Bertz CT molecular complexity index is 1120. The van der Waals surface area contributed by atoms with E-state index in [2.05, 4.69) is 5.32 Å². The number of nitrogens with one attached hydrogen (secondary N) is 1. The minimum absolute atomic E-state index is 0.117. The van der Waals surface area contributed by atoms with E-state index in [0.29, 0.717) is 31.0 Å². The summed E-state index contributed by atoms with van der Waals surface area (Å²) in [6, 6.07) is 15.7. The van der Waals surface area contributed by atoms with Crippen LogP contribution in [0.3, 0.4) is 0 Å². The number of benzene rings is 2. The monoisotopic (exact) mass is 529 g/mol. The number of carbonyl (C=O) groups excluding carboxylic acids is 2. The molecule has 37 heavy (non-hydrogen) atoms. The number of carbonyl (C=O) groups is 2. The maximum atomic E-state index is 13.6. The molecule has 8 nitrogen and oxygen atoms in total. The number of amides is 2. The van der Waals surface area contributed by atoms with Crippen molar-refractivity contribution in [1.29, 1.82) is 0 Å². The Kier molecular flexibility index (Phi) is 10.4. The number of nitrogens with zero attached hydrogens (tertiary/aromatic N) is 2. The van der Waals surface area contributed by atoms with Crippen LogP contribution in [0, 0.1) is 0 Å². The Morgan fingerprint density at radius 2 is 1.68 bits per heavy atom. The van der Waals surface area contributed by atoms with Crippen molar-refractivity contribution < 1.29 is 22.7 Å². The highest BCUT2D eigenvalue weighted by Gasteiger charge is 2.30. The second-order valence-electron chi connectivity index (χ2n) is 9.54. The normalized spacial score (nSPS) is 15.0. The van der Waals surface area contributed by atoms with E-state index in [1.165, 1.54) is 11.3 Å². The number of rotatable bonds is 12. The van der Waals surface area contributed by atoms with Crippen LogP contribution in [-0.4, -0.2) is 63.2 Å². The SMILES string of the molecule is CCOc1ccc(N(CC(=O)N(CCc2ccccc2)[C@@H](C)C(=O)NC2CCCCC2)S(C)(=O)=O)cc1. The van der Waals surface area contributed by atoms with Crippen molar-refractivity contribution in [2.24, 2.45) is 0 Å². The van der Waals surface area contributed by atoms with Gasteiger partial charge in [0.25, 0.3) is 0 Å². The molecule has 0 aromatic heterocycles. The van der Waals surface area contributed by atoms with Crippen LogP contribution in [0.1, 0.15) is 51.5 Å². The first-order valence-electron chi connectivity index (χ1n) is 13.0. The first-order valence-corrected chi connectivity index (χ1v) is 14.9. The number of sulfonamides is 1. The zero-order valence-electron chi connectivity index (χ0n) is 22.1. The molecule has 1 N–H and O–H groups in total.